The average molecular weight is 542 g/mol. The van der Waals surface area contributed by atoms with Gasteiger partial charge in [0.25, 0.3) is 0 Å². The summed E-state index contributed by atoms with van der Waals surface area (Å²) in [5.41, 5.74) is 3.08. The van der Waals surface area contributed by atoms with Crippen LogP contribution >= 0.6 is 11.6 Å². The van der Waals surface area contributed by atoms with Crippen molar-refractivity contribution in [1.82, 2.24) is 5.32 Å². The normalized spacial score (nSPS) is 11.3. The number of halogens is 4. The molecule has 0 aliphatic carbocycles. The standard InChI is InChI=1S/C30H27ClF3NO3/c1-36-28-17-26(38-25-13-7-22(8-14-25)21-5-11-24(31)12-6-21)18-29(37-2)27(28)19-35-16-15-20-3-9-23(10-4-20)30(32,33)34/h3-14,17-18,35H,15-16,19H2,1-2H3. The molecule has 4 aromatic rings. The van der Waals surface area contributed by atoms with E-state index in [1.165, 1.54) is 12.1 Å². The zero-order valence-corrected chi connectivity index (χ0v) is 21.7. The molecule has 1 N–H and O–H groups in total. The molecule has 0 bridgehead atoms. The number of methoxy groups -OCH3 is 2. The molecular formula is C30H27ClF3NO3. The van der Waals surface area contributed by atoms with Gasteiger partial charge in [-0.05, 0) is 66.1 Å². The predicted molar refractivity (Wildman–Crippen MR) is 143 cm³/mol. The molecule has 0 fully saturated rings. The van der Waals surface area contributed by atoms with Crippen LogP contribution in [0.15, 0.2) is 84.9 Å². The van der Waals surface area contributed by atoms with Crippen LogP contribution in [0.1, 0.15) is 16.7 Å². The second-order valence-electron chi connectivity index (χ2n) is 8.56. The van der Waals surface area contributed by atoms with Crippen LogP contribution in [0.4, 0.5) is 13.2 Å². The van der Waals surface area contributed by atoms with Crippen molar-refractivity contribution in [2.45, 2.75) is 19.1 Å². The Morgan fingerprint density at radius 2 is 1.29 bits per heavy atom. The fourth-order valence-electron chi connectivity index (χ4n) is 3.99. The molecule has 0 heterocycles. The Balaban J connectivity index is 1.39. The van der Waals surface area contributed by atoms with Crippen LogP contribution in [-0.4, -0.2) is 20.8 Å². The lowest BCUT2D eigenvalue weighted by molar-refractivity contribution is -0.137. The van der Waals surface area contributed by atoms with Gasteiger partial charge in [0.1, 0.15) is 23.0 Å². The molecule has 8 heteroatoms. The monoisotopic (exact) mass is 541 g/mol. The van der Waals surface area contributed by atoms with Gasteiger partial charge in [-0.2, -0.15) is 13.2 Å². The molecule has 0 aliphatic heterocycles. The van der Waals surface area contributed by atoms with E-state index in [0.717, 1.165) is 34.4 Å². The Hall–Kier alpha value is -3.68. The molecule has 0 atom stereocenters. The molecule has 4 aromatic carbocycles. The average Bonchev–Trinajstić information content (AvgIpc) is 2.92. The summed E-state index contributed by atoms with van der Waals surface area (Å²) in [6.45, 7) is 1.01. The van der Waals surface area contributed by atoms with Gasteiger partial charge in [-0.1, -0.05) is 48.0 Å². The first kappa shape index (κ1) is 27.4. The van der Waals surface area contributed by atoms with Crippen LogP contribution in [0.3, 0.4) is 0 Å². The molecule has 4 rings (SSSR count). The van der Waals surface area contributed by atoms with E-state index in [1.807, 2.05) is 48.5 Å². The third kappa shape index (κ3) is 7.00. The predicted octanol–water partition coefficient (Wildman–Crippen LogP) is 8.17. The van der Waals surface area contributed by atoms with Crippen LogP contribution in [0.2, 0.25) is 5.02 Å². The van der Waals surface area contributed by atoms with Gasteiger partial charge >= 0.3 is 6.18 Å². The summed E-state index contributed by atoms with van der Waals surface area (Å²) in [5, 5.41) is 4.00. The second kappa shape index (κ2) is 12.2. The maximum Gasteiger partial charge on any atom is 0.416 e. The maximum absolute atomic E-state index is 12.7. The van der Waals surface area contributed by atoms with Crippen molar-refractivity contribution in [1.29, 1.82) is 0 Å². The van der Waals surface area contributed by atoms with E-state index >= 15 is 0 Å². The molecular weight excluding hydrogens is 515 g/mol. The first-order valence-corrected chi connectivity index (χ1v) is 12.3. The summed E-state index contributed by atoms with van der Waals surface area (Å²) in [5.74, 6) is 2.42. The smallest absolute Gasteiger partial charge is 0.416 e. The van der Waals surface area contributed by atoms with Crippen LogP contribution in [-0.2, 0) is 19.1 Å². The molecule has 0 aromatic heterocycles. The first-order chi connectivity index (χ1) is 18.3. The van der Waals surface area contributed by atoms with Gasteiger partial charge in [-0.25, -0.2) is 0 Å². The van der Waals surface area contributed by atoms with Crippen molar-refractivity contribution in [3.8, 4) is 34.1 Å². The van der Waals surface area contributed by atoms with Crippen molar-refractivity contribution in [3.05, 3.63) is 107 Å². The Labute approximate surface area is 224 Å². The minimum atomic E-state index is -4.33. The Morgan fingerprint density at radius 1 is 0.737 bits per heavy atom. The number of rotatable bonds is 10. The summed E-state index contributed by atoms with van der Waals surface area (Å²) in [7, 11) is 3.15. The van der Waals surface area contributed by atoms with Gasteiger partial charge in [0.2, 0.25) is 0 Å². The lowest BCUT2D eigenvalue weighted by Gasteiger charge is -2.16. The fraction of sp³-hybridized carbons (Fsp3) is 0.200. The van der Waals surface area contributed by atoms with E-state index in [-0.39, 0.29) is 0 Å². The minimum Gasteiger partial charge on any atom is -0.496 e. The third-order valence-corrected chi connectivity index (χ3v) is 6.27. The SMILES string of the molecule is COc1cc(Oc2ccc(-c3ccc(Cl)cc3)cc2)cc(OC)c1CNCCc1ccc(C(F)(F)F)cc1. The highest BCUT2D eigenvalue weighted by molar-refractivity contribution is 6.30. The van der Waals surface area contributed by atoms with E-state index < -0.39 is 11.7 Å². The molecule has 0 spiro atoms. The summed E-state index contributed by atoms with van der Waals surface area (Å²) < 4.78 is 55.5. The van der Waals surface area contributed by atoms with Crippen LogP contribution in [0, 0.1) is 0 Å². The van der Waals surface area contributed by atoms with Crippen LogP contribution in [0.5, 0.6) is 23.0 Å². The number of ether oxygens (including phenoxy) is 3. The largest absolute Gasteiger partial charge is 0.496 e. The highest BCUT2D eigenvalue weighted by atomic mass is 35.5. The van der Waals surface area contributed by atoms with Gasteiger partial charge in [0, 0.05) is 23.7 Å². The number of hydrogen-bond donors (Lipinski definition) is 1. The summed E-state index contributed by atoms with van der Waals surface area (Å²) in [6, 6.07) is 24.1. The summed E-state index contributed by atoms with van der Waals surface area (Å²) >= 11 is 5.98. The zero-order valence-electron chi connectivity index (χ0n) is 20.9. The van der Waals surface area contributed by atoms with E-state index in [2.05, 4.69) is 5.32 Å². The second-order valence-corrected chi connectivity index (χ2v) is 9.00. The van der Waals surface area contributed by atoms with Crippen molar-refractivity contribution < 1.29 is 27.4 Å². The lowest BCUT2D eigenvalue weighted by atomic mass is 10.1. The zero-order chi connectivity index (χ0) is 27.1. The molecule has 4 nitrogen and oxygen atoms in total. The van der Waals surface area contributed by atoms with Crippen LogP contribution < -0.4 is 19.5 Å². The van der Waals surface area contributed by atoms with E-state index in [0.29, 0.717) is 47.5 Å². The van der Waals surface area contributed by atoms with Crippen molar-refractivity contribution >= 4 is 11.6 Å². The molecule has 0 unspecified atom stereocenters. The van der Waals surface area contributed by atoms with Gasteiger partial charge in [0.15, 0.2) is 0 Å². The van der Waals surface area contributed by atoms with Gasteiger partial charge in [-0.3, -0.25) is 0 Å². The van der Waals surface area contributed by atoms with E-state index in [1.54, 1.807) is 26.4 Å². The lowest BCUT2D eigenvalue weighted by Crippen LogP contribution is -2.18. The Bertz CT molecular complexity index is 1310. The number of benzene rings is 4. The minimum absolute atomic E-state index is 0.447. The number of hydrogen-bond acceptors (Lipinski definition) is 4. The molecule has 0 radical (unpaired) electrons. The van der Waals surface area contributed by atoms with Crippen molar-refractivity contribution in [2.24, 2.45) is 0 Å². The quantitative estimate of drug-likeness (QED) is 0.206. The van der Waals surface area contributed by atoms with E-state index in [4.69, 9.17) is 25.8 Å². The van der Waals surface area contributed by atoms with Gasteiger partial charge in [0.05, 0.1) is 25.3 Å². The highest BCUT2D eigenvalue weighted by Gasteiger charge is 2.29. The third-order valence-electron chi connectivity index (χ3n) is 6.02. The highest BCUT2D eigenvalue weighted by Crippen LogP contribution is 2.36. The number of alkyl halides is 3. The summed E-state index contributed by atoms with van der Waals surface area (Å²) in [4.78, 5) is 0. The number of nitrogens with one attached hydrogen (secondary N) is 1. The molecule has 0 aliphatic rings. The molecule has 198 valence electrons. The molecule has 0 amide bonds. The topological polar surface area (TPSA) is 39.7 Å². The van der Waals surface area contributed by atoms with Crippen LogP contribution in [0.25, 0.3) is 11.1 Å². The maximum atomic E-state index is 12.7. The molecule has 38 heavy (non-hydrogen) atoms. The van der Waals surface area contributed by atoms with E-state index in [9.17, 15) is 13.2 Å². The van der Waals surface area contributed by atoms with Gasteiger partial charge in [-0.15, -0.1) is 0 Å². The van der Waals surface area contributed by atoms with Crippen molar-refractivity contribution in [2.75, 3.05) is 20.8 Å². The molecule has 0 saturated carbocycles. The Kier molecular flexibility index (Phi) is 8.81. The van der Waals surface area contributed by atoms with Gasteiger partial charge < -0.3 is 19.5 Å². The fourth-order valence-corrected chi connectivity index (χ4v) is 4.12. The van der Waals surface area contributed by atoms with Crippen molar-refractivity contribution in [3.63, 3.8) is 0 Å². The summed E-state index contributed by atoms with van der Waals surface area (Å²) in [6.07, 6.45) is -3.75. The Morgan fingerprint density at radius 3 is 1.82 bits per heavy atom. The molecule has 0 saturated heterocycles. The first-order valence-electron chi connectivity index (χ1n) is 11.9.